The lowest BCUT2D eigenvalue weighted by Gasteiger charge is -2.31. The van der Waals surface area contributed by atoms with Gasteiger partial charge in [0.1, 0.15) is 0 Å². The molecule has 1 saturated heterocycles. The van der Waals surface area contributed by atoms with E-state index in [1.54, 1.807) is 33.9 Å². The number of nitrogens with zero attached hydrogens (tertiary/aromatic N) is 6. The first-order valence-corrected chi connectivity index (χ1v) is 10.4. The molecule has 5 rings (SSSR count). The van der Waals surface area contributed by atoms with Gasteiger partial charge >= 0.3 is 0 Å². The SMILES string of the molecule is Cn1cc(-c2cnc3c(-c4csc(C(=O)N5CCC(F)(F)CC5)c4)cnn3c2)cn1. The fourth-order valence-corrected chi connectivity index (χ4v) is 4.45. The van der Waals surface area contributed by atoms with E-state index in [9.17, 15) is 13.6 Å². The van der Waals surface area contributed by atoms with Crippen LogP contribution < -0.4 is 0 Å². The zero-order valence-corrected chi connectivity index (χ0v) is 16.9. The predicted octanol–water partition coefficient (Wildman–Crippen LogP) is 3.73. The predicted molar refractivity (Wildman–Crippen MR) is 109 cm³/mol. The van der Waals surface area contributed by atoms with Crippen molar-refractivity contribution in [3.05, 3.63) is 47.3 Å². The highest BCUT2D eigenvalue weighted by Crippen LogP contribution is 2.32. The summed E-state index contributed by atoms with van der Waals surface area (Å²) in [5.41, 5.74) is 4.17. The number of rotatable bonds is 3. The third-order valence-corrected chi connectivity index (χ3v) is 6.22. The Morgan fingerprint density at radius 1 is 1.07 bits per heavy atom. The molecule has 4 aromatic rings. The summed E-state index contributed by atoms with van der Waals surface area (Å²) in [6.45, 7) is 0.156. The fourth-order valence-electron chi connectivity index (χ4n) is 3.58. The van der Waals surface area contributed by atoms with Crippen molar-refractivity contribution in [1.82, 2.24) is 29.3 Å². The second-order valence-corrected chi connectivity index (χ2v) is 8.33. The van der Waals surface area contributed by atoms with Crippen LogP contribution in [0, 0.1) is 0 Å². The Morgan fingerprint density at radius 2 is 1.83 bits per heavy atom. The number of halogens is 2. The number of aromatic nitrogens is 5. The van der Waals surface area contributed by atoms with Crippen molar-refractivity contribution in [1.29, 1.82) is 0 Å². The third kappa shape index (κ3) is 3.36. The number of amides is 1. The molecule has 1 aliphatic heterocycles. The van der Waals surface area contributed by atoms with Crippen LogP contribution in [-0.2, 0) is 7.05 Å². The van der Waals surface area contributed by atoms with Gasteiger partial charge in [0.05, 0.1) is 17.3 Å². The summed E-state index contributed by atoms with van der Waals surface area (Å²) < 4.78 is 30.1. The lowest BCUT2D eigenvalue weighted by Crippen LogP contribution is -2.42. The minimum Gasteiger partial charge on any atom is -0.338 e. The highest BCUT2D eigenvalue weighted by molar-refractivity contribution is 7.12. The molecule has 0 radical (unpaired) electrons. The van der Waals surface area contributed by atoms with E-state index in [0.29, 0.717) is 10.5 Å². The van der Waals surface area contributed by atoms with Crippen LogP contribution >= 0.6 is 11.3 Å². The number of carbonyl (C=O) groups is 1. The van der Waals surface area contributed by atoms with Gasteiger partial charge in [-0.1, -0.05) is 0 Å². The lowest BCUT2D eigenvalue weighted by molar-refractivity contribution is -0.0493. The molecule has 7 nitrogen and oxygen atoms in total. The first kappa shape index (κ1) is 18.9. The molecular weight excluding hydrogens is 410 g/mol. The Hall–Kier alpha value is -3.14. The Balaban J connectivity index is 1.40. The molecule has 10 heteroatoms. The molecule has 1 aliphatic rings. The van der Waals surface area contributed by atoms with Gasteiger partial charge in [-0.3, -0.25) is 9.48 Å². The van der Waals surface area contributed by atoms with E-state index < -0.39 is 5.92 Å². The monoisotopic (exact) mass is 428 g/mol. The van der Waals surface area contributed by atoms with Gasteiger partial charge in [0, 0.05) is 68.3 Å². The summed E-state index contributed by atoms with van der Waals surface area (Å²) in [5.74, 6) is -2.88. The largest absolute Gasteiger partial charge is 0.338 e. The molecule has 0 bridgehead atoms. The highest BCUT2D eigenvalue weighted by Gasteiger charge is 2.36. The smallest absolute Gasteiger partial charge is 0.263 e. The number of hydrogen-bond donors (Lipinski definition) is 0. The van der Waals surface area contributed by atoms with E-state index in [4.69, 9.17) is 0 Å². The average molecular weight is 428 g/mol. The molecule has 0 aliphatic carbocycles. The molecule has 1 fully saturated rings. The van der Waals surface area contributed by atoms with Crippen molar-refractivity contribution in [3.63, 3.8) is 0 Å². The second kappa shape index (κ2) is 6.98. The van der Waals surface area contributed by atoms with E-state index in [0.717, 1.165) is 22.3 Å². The van der Waals surface area contributed by atoms with Gasteiger partial charge < -0.3 is 4.90 Å². The Morgan fingerprint density at radius 3 is 2.57 bits per heavy atom. The van der Waals surface area contributed by atoms with Crippen molar-refractivity contribution in [2.24, 2.45) is 7.05 Å². The maximum atomic E-state index is 13.4. The number of fused-ring (bicyclic) bond motifs is 1. The van der Waals surface area contributed by atoms with Crippen molar-refractivity contribution < 1.29 is 13.6 Å². The van der Waals surface area contributed by atoms with Crippen LogP contribution in [0.15, 0.2) is 42.4 Å². The summed E-state index contributed by atoms with van der Waals surface area (Å²) in [6, 6.07) is 1.79. The topological polar surface area (TPSA) is 68.3 Å². The molecule has 0 spiro atoms. The number of thiophene rings is 1. The van der Waals surface area contributed by atoms with E-state index >= 15 is 0 Å². The van der Waals surface area contributed by atoms with Gasteiger partial charge in [-0.15, -0.1) is 11.3 Å². The molecule has 154 valence electrons. The maximum absolute atomic E-state index is 13.4. The molecule has 30 heavy (non-hydrogen) atoms. The van der Waals surface area contributed by atoms with Gasteiger partial charge in [-0.05, 0) is 17.0 Å². The van der Waals surface area contributed by atoms with E-state index in [-0.39, 0.29) is 31.8 Å². The number of aryl methyl sites for hydroxylation is 1. The Kier molecular flexibility index (Phi) is 4.39. The van der Waals surface area contributed by atoms with Crippen molar-refractivity contribution in [2.75, 3.05) is 13.1 Å². The molecule has 5 heterocycles. The minimum absolute atomic E-state index is 0.0778. The number of piperidine rings is 1. The van der Waals surface area contributed by atoms with Crippen LogP contribution in [0.3, 0.4) is 0 Å². The van der Waals surface area contributed by atoms with Gasteiger partial charge in [0.15, 0.2) is 5.65 Å². The molecule has 4 aromatic heterocycles. The zero-order valence-electron chi connectivity index (χ0n) is 16.1. The summed E-state index contributed by atoms with van der Waals surface area (Å²) in [5, 5.41) is 10.4. The van der Waals surface area contributed by atoms with Crippen LogP contribution in [0.25, 0.3) is 27.9 Å². The standard InChI is InChI=1S/C20H18F2N6OS/c1-26-10-15(8-24-26)14-7-23-18-16(9-25-28(18)11-14)13-6-17(30-12-13)19(29)27-4-2-20(21,22)3-5-27/h6-12H,2-5H2,1H3. The van der Waals surface area contributed by atoms with Gasteiger partial charge in [0.2, 0.25) is 0 Å². The van der Waals surface area contributed by atoms with Crippen LogP contribution in [-0.4, -0.2) is 54.2 Å². The number of alkyl halides is 2. The van der Waals surface area contributed by atoms with Crippen LogP contribution in [0.4, 0.5) is 8.78 Å². The Labute approximate surface area is 174 Å². The lowest BCUT2D eigenvalue weighted by atomic mass is 10.1. The van der Waals surface area contributed by atoms with Crippen molar-refractivity contribution in [3.8, 4) is 22.3 Å². The summed E-state index contributed by atoms with van der Waals surface area (Å²) >= 11 is 1.31. The highest BCUT2D eigenvalue weighted by atomic mass is 32.1. The normalized spacial score (nSPS) is 16.3. The van der Waals surface area contributed by atoms with Crippen LogP contribution in [0.1, 0.15) is 22.5 Å². The fraction of sp³-hybridized carbons (Fsp3) is 0.300. The average Bonchev–Trinajstić information content (AvgIpc) is 3.46. The van der Waals surface area contributed by atoms with Gasteiger partial charge in [0.25, 0.3) is 11.8 Å². The summed E-state index contributed by atoms with van der Waals surface area (Å²) in [7, 11) is 1.85. The first-order valence-electron chi connectivity index (χ1n) is 9.48. The summed E-state index contributed by atoms with van der Waals surface area (Å²) in [6.07, 6.45) is 8.47. The molecule has 0 N–H and O–H groups in total. The molecule has 0 unspecified atom stereocenters. The molecular formula is C20H18F2N6OS. The zero-order chi connectivity index (χ0) is 20.9. The van der Waals surface area contributed by atoms with E-state index in [2.05, 4.69) is 15.2 Å². The number of carbonyl (C=O) groups excluding carboxylic acids is 1. The van der Waals surface area contributed by atoms with Crippen molar-refractivity contribution in [2.45, 2.75) is 18.8 Å². The number of hydrogen-bond acceptors (Lipinski definition) is 5. The first-order chi connectivity index (χ1) is 14.4. The van der Waals surface area contributed by atoms with Crippen LogP contribution in [0.5, 0.6) is 0 Å². The quantitative estimate of drug-likeness (QED) is 0.499. The van der Waals surface area contributed by atoms with E-state index in [1.165, 1.54) is 16.2 Å². The molecule has 0 aromatic carbocycles. The molecule has 0 saturated carbocycles. The second-order valence-electron chi connectivity index (χ2n) is 7.42. The van der Waals surface area contributed by atoms with Gasteiger partial charge in [-0.2, -0.15) is 10.2 Å². The molecule has 1 amide bonds. The van der Waals surface area contributed by atoms with Gasteiger partial charge in [-0.25, -0.2) is 18.3 Å². The van der Waals surface area contributed by atoms with E-state index in [1.807, 2.05) is 24.8 Å². The minimum atomic E-state index is -2.67. The van der Waals surface area contributed by atoms with Crippen LogP contribution in [0.2, 0.25) is 0 Å². The third-order valence-electron chi connectivity index (χ3n) is 5.30. The Bertz CT molecular complexity index is 1230. The van der Waals surface area contributed by atoms with Crippen molar-refractivity contribution >= 4 is 22.9 Å². The maximum Gasteiger partial charge on any atom is 0.263 e. The summed E-state index contributed by atoms with van der Waals surface area (Å²) in [4.78, 5) is 19.3. The number of likely N-dealkylation sites (tertiary alicyclic amines) is 1. The molecule has 0 atom stereocenters.